The molecule has 1 aromatic carbocycles. The molecule has 124 valence electrons. The summed E-state index contributed by atoms with van der Waals surface area (Å²) in [6.45, 7) is 3.27. The minimum Gasteiger partial charge on any atom is -0.314 e. The fraction of sp³-hybridized carbons (Fsp3) is 0.375. The number of hydrogen-bond acceptors (Lipinski definition) is 3. The van der Waals surface area contributed by atoms with Gasteiger partial charge in [-0.2, -0.15) is 13.2 Å². The predicted octanol–water partition coefficient (Wildman–Crippen LogP) is 4.41. The summed E-state index contributed by atoms with van der Waals surface area (Å²) >= 11 is 7.32. The van der Waals surface area contributed by atoms with Crippen molar-refractivity contribution in [2.24, 2.45) is 0 Å². The molecule has 1 aliphatic rings. The van der Waals surface area contributed by atoms with E-state index in [4.69, 9.17) is 11.6 Å². The topological polar surface area (TPSA) is 15.3 Å². The predicted molar refractivity (Wildman–Crippen MR) is 87.1 cm³/mol. The summed E-state index contributed by atoms with van der Waals surface area (Å²) in [5.41, 5.74) is -0.139. The van der Waals surface area contributed by atoms with Crippen LogP contribution < -0.4 is 5.32 Å². The second kappa shape index (κ2) is 6.81. The molecule has 1 saturated heterocycles. The standard InChI is InChI=1S/C16H16ClF3N2S/c17-13-4-3-11(10-12(13)16(18,19)20)15(14-2-1-9-23-14)22-7-5-21-6-8-22/h1-4,9-10,15,21H,5-8H2. The summed E-state index contributed by atoms with van der Waals surface area (Å²) < 4.78 is 39.5. The molecule has 0 radical (unpaired) electrons. The van der Waals surface area contributed by atoms with E-state index >= 15 is 0 Å². The number of thiophene rings is 1. The van der Waals surface area contributed by atoms with Crippen LogP contribution >= 0.6 is 22.9 Å². The van der Waals surface area contributed by atoms with E-state index < -0.39 is 11.7 Å². The molecule has 0 spiro atoms. The highest BCUT2D eigenvalue weighted by molar-refractivity contribution is 7.10. The summed E-state index contributed by atoms with van der Waals surface area (Å²) in [6, 6.07) is 7.96. The first-order valence-corrected chi connectivity index (χ1v) is 8.57. The van der Waals surface area contributed by atoms with Gasteiger partial charge in [0.25, 0.3) is 0 Å². The van der Waals surface area contributed by atoms with Gasteiger partial charge in [-0.25, -0.2) is 0 Å². The van der Waals surface area contributed by atoms with Crippen LogP contribution in [0.15, 0.2) is 35.7 Å². The molecule has 2 heterocycles. The van der Waals surface area contributed by atoms with Gasteiger partial charge in [0.15, 0.2) is 0 Å². The molecule has 2 nitrogen and oxygen atoms in total. The van der Waals surface area contributed by atoms with Gasteiger partial charge in [-0.05, 0) is 29.1 Å². The lowest BCUT2D eigenvalue weighted by molar-refractivity contribution is -0.137. The van der Waals surface area contributed by atoms with E-state index in [1.807, 2.05) is 17.5 Å². The second-order valence-corrected chi connectivity index (χ2v) is 6.83. The van der Waals surface area contributed by atoms with Crippen molar-refractivity contribution in [1.82, 2.24) is 10.2 Å². The number of nitrogens with zero attached hydrogens (tertiary/aromatic N) is 1. The highest BCUT2D eigenvalue weighted by Gasteiger charge is 2.35. The number of halogens is 4. The van der Waals surface area contributed by atoms with Crippen molar-refractivity contribution >= 4 is 22.9 Å². The largest absolute Gasteiger partial charge is 0.417 e. The van der Waals surface area contributed by atoms with E-state index in [1.54, 1.807) is 17.4 Å². The van der Waals surface area contributed by atoms with Crippen molar-refractivity contribution in [2.75, 3.05) is 26.2 Å². The van der Waals surface area contributed by atoms with E-state index in [1.165, 1.54) is 12.1 Å². The molecule has 7 heteroatoms. The van der Waals surface area contributed by atoms with Crippen molar-refractivity contribution in [3.05, 3.63) is 56.7 Å². The number of piperazine rings is 1. The van der Waals surface area contributed by atoms with Gasteiger partial charge in [0, 0.05) is 31.1 Å². The van der Waals surface area contributed by atoms with Crippen LogP contribution in [-0.2, 0) is 6.18 Å². The Morgan fingerprint density at radius 2 is 1.91 bits per heavy atom. The van der Waals surface area contributed by atoms with Gasteiger partial charge in [-0.1, -0.05) is 23.7 Å². The van der Waals surface area contributed by atoms with Gasteiger partial charge in [0.2, 0.25) is 0 Å². The van der Waals surface area contributed by atoms with Gasteiger partial charge in [-0.3, -0.25) is 4.90 Å². The number of hydrogen-bond donors (Lipinski definition) is 1. The fourth-order valence-corrected chi connectivity index (χ4v) is 3.98. The van der Waals surface area contributed by atoms with Crippen molar-refractivity contribution in [3.63, 3.8) is 0 Å². The maximum absolute atomic E-state index is 13.2. The Balaban J connectivity index is 2.03. The number of rotatable bonds is 3. The van der Waals surface area contributed by atoms with E-state index in [0.29, 0.717) is 5.56 Å². The van der Waals surface area contributed by atoms with Crippen LogP contribution in [0, 0.1) is 0 Å². The van der Waals surface area contributed by atoms with Gasteiger partial charge < -0.3 is 5.32 Å². The lowest BCUT2D eigenvalue weighted by Gasteiger charge is -2.35. The lowest BCUT2D eigenvalue weighted by atomic mass is 10.00. The van der Waals surface area contributed by atoms with Crippen LogP contribution in [-0.4, -0.2) is 31.1 Å². The van der Waals surface area contributed by atoms with Gasteiger partial charge in [-0.15, -0.1) is 11.3 Å². The molecule has 0 aliphatic carbocycles. The van der Waals surface area contributed by atoms with E-state index in [9.17, 15) is 13.2 Å². The first-order chi connectivity index (χ1) is 11.0. The third-order valence-electron chi connectivity index (χ3n) is 3.94. The molecule has 3 rings (SSSR count). The zero-order valence-electron chi connectivity index (χ0n) is 12.2. The maximum Gasteiger partial charge on any atom is 0.417 e. The summed E-state index contributed by atoms with van der Waals surface area (Å²) in [5.74, 6) is 0. The third-order valence-corrected chi connectivity index (χ3v) is 5.20. The molecular weight excluding hydrogens is 345 g/mol. The quantitative estimate of drug-likeness (QED) is 0.872. The molecule has 1 aromatic heterocycles. The monoisotopic (exact) mass is 360 g/mol. The number of alkyl halides is 3. The Kier molecular flexibility index (Phi) is 4.96. The average molecular weight is 361 g/mol. The Labute approximate surface area is 141 Å². The Hall–Kier alpha value is -1.08. The molecule has 0 amide bonds. The molecule has 2 aromatic rings. The fourth-order valence-electron chi connectivity index (χ4n) is 2.87. The second-order valence-electron chi connectivity index (χ2n) is 5.44. The lowest BCUT2D eigenvalue weighted by Crippen LogP contribution is -2.45. The van der Waals surface area contributed by atoms with Crippen LogP contribution in [0.4, 0.5) is 13.2 Å². The highest BCUT2D eigenvalue weighted by Crippen LogP contribution is 2.39. The zero-order valence-corrected chi connectivity index (χ0v) is 13.8. The Bertz CT molecular complexity index is 652. The van der Waals surface area contributed by atoms with Crippen LogP contribution in [0.25, 0.3) is 0 Å². The summed E-state index contributed by atoms with van der Waals surface area (Å²) in [4.78, 5) is 3.26. The number of nitrogens with one attached hydrogen (secondary N) is 1. The average Bonchev–Trinajstić information content (AvgIpc) is 3.03. The number of benzene rings is 1. The van der Waals surface area contributed by atoms with Crippen LogP contribution in [0.5, 0.6) is 0 Å². The third kappa shape index (κ3) is 3.71. The molecule has 0 bridgehead atoms. The molecule has 23 heavy (non-hydrogen) atoms. The SMILES string of the molecule is FC(F)(F)c1cc(C(c2cccs2)N2CCNCC2)ccc1Cl. The molecule has 1 N–H and O–H groups in total. The summed E-state index contributed by atoms with van der Waals surface area (Å²) in [7, 11) is 0. The Morgan fingerprint density at radius 3 is 2.52 bits per heavy atom. The van der Waals surface area contributed by atoms with Crippen molar-refractivity contribution in [3.8, 4) is 0 Å². The summed E-state index contributed by atoms with van der Waals surface area (Å²) in [6.07, 6.45) is -4.45. The van der Waals surface area contributed by atoms with E-state index in [0.717, 1.165) is 31.1 Å². The first-order valence-electron chi connectivity index (χ1n) is 7.31. The van der Waals surface area contributed by atoms with Crippen LogP contribution in [0.2, 0.25) is 5.02 Å². The van der Waals surface area contributed by atoms with Gasteiger partial charge in [0.1, 0.15) is 0 Å². The first kappa shape index (κ1) is 16.8. The van der Waals surface area contributed by atoms with E-state index in [2.05, 4.69) is 10.2 Å². The van der Waals surface area contributed by atoms with Crippen molar-refractivity contribution < 1.29 is 13.2 Å². The minimum absolute atomic E-state index is 0.171. The zero-order chi connectivity index (χ0) is 16.4. The Morgan fingerprint density at radius 1 is 1.17 bits per heavy atom. The molecule has 1 fully saturated rings. The normalized spacial score (nSPS) is 18.1. The van der Waals surface area contributed by atoms with Gasteiger partial charge in [0.05, 0.1) is 16.6 Å². The molecule has 1 unspecified atom stereocenters. The molecule has 1 aliphatic heterocycles. The summed E-state index contributed by atoms with van der Waals surface area (Å²) in [5, 5.41) is 4.96. The van der Waals surface area contributed by atoms with Crippen molar-refractivity contribution in [2.45, 2.75) is 12.2 Å². The smallest absolute Gasteiger partial charge is 0.314 e. The maximum atomic E-state index is 13.2. The van der Waals surface area contributed by atoms with Crippen LogP contribution in [0.1, 0.15) is 22.0 Å². The van der Waals surface area contributed by atoms with Gasteiger partial charge >= 0.3 is 6.18 Å². The van der Waals surface area contributed by atoms with Crippen LogP contribution in [0.3, 0.4) is 0 Å². The molecular formula is C16H16ClF3N2S. The minimum atomic E-state index is -4.45. The van der Waals surface area contributed by atoms with E-state index in [-0.39, 0.29) is 11.1 Å². The van der Waals surface area contributed by atoms with Crippen molar-refractivity contribution in [1.29, 1.82) is 0 Å². The highest BCUT2D eigenvalue weighted by atomic mass is 35.5. The molecule has 0 saturated carbocycles. The molecule has 1 atom stereocenters.